The zero-order valence-electron chi connectivity index (χ0n) is 32.3. The number of hydrogen-bond acceptors (Lipinski definition) is 9. The topological polar surface area (TPSA) is 149 Å². The number of aliphatic hydroxyl groups is 2. The second-order valence-corrected chi connectivity index (χ2v) is 15.1. The van der Waals surface area contributed by atoms with Crippen molar-refractivity contribution in [3.05, 3.63) is 24.3 Å². The molecule has 0 amide bonds. The number of esters is 2. The van der Waals surface area contributed by atoms with E-state index in [1.165, 1.54) is 77.0 Å². The smallest absolute Gasteiger partial charge is 0.462 e. The van der Waals surface area contributed by atoms with Gasteiger partial charge in [-0.15, -0.1) is 0 Å². The summed E-state index contributed by atoms with van der Waals surface area (Å²) in [6, 6.07) is 0. The van der Waals surface area contributed by atoms with E-state index in [1.54, 1.807) is 0 Å². The van der Waals surface area contributed by atoms with E-state index in [-0.39, 0.29) is 19.4 Å². The van der Waals surface area contributed by atoms with E-state index in [9.17, 15) is 24.2 Å². The Hall–Kier alpha value is -1.55. The van der Waals surface area contributed by atoms with Crippen molar-refractivity contribution in [1.29, 1.82) is 0 Å². The highest BCUT2D eigenvalue weighted by Crippen LogP contribution is 2.43. The highest BCUT2D eigenvalue weighted by Gasteiger charge is 2.27. The number of carbonyl (C=O) groups is 2. The number of phosphoric acid groups is 1. The van der Waals surface area contributed by atoms with Crippen LogP contribution in [0.25, 0.3) is 0 Å². The fourth-order valence-electron chi connectivity index (χ4n) is 5.43. The molecule has 0 radical (unpaired) electrons. The van der Waals surface area contributed by atoms with Gasteiger partial charge in [0.05, 0.1) is 19.8 Å². The summed E-state index contributed by atoms with van der Waals surface area (Å²) in [7, 11) is -4.61. The maximum absolute atomic E-state index is 12.6. The zero-order chi connectivity index (χ0) is 37.7. The number of ether oxygens (including phenoxy) is 2. The van der Waals surface area contributed by atoms with Crippen molar-refractivity contribution in [1.82, 2.24) is 0 Å². The minimum absolute atomic E-state index is 0.171. The van der Waals surface area contributed by atoms with Gasteiger partial charge >= 0.3 is 19.8 Å². The molecule has 0 aliphatic carbocycles. The second kappa shape index (κ2) is 36.8. The highest BCUT2D eigenvalue weighted by atomic mass is 31.2. The summed E-state index contributed by atoms with van der Waals surface area (Å²) in [4.78, 5) is 34.9. The summed E-state index contributed by atoms with van der Waals surface area (Å²) >= 11 is 0. The first-order valence-electron chi connectivity index (χ1n) is 20.3. The van der Waals surface area contributed by atoms with Crippen molar-refractivity contribution in [2.24, 2.45) is 0 Å². The standard InChI is InChI=1S/C40H75O10P/c1-3-5-7-9-11-13-15-17-18-20-22-24-26-28-30-32-40(44)50-38(36-49-51(45,46)48-34-37(42)33-41)35-47-39(43)31-29-27-25-23-21-19-16-14-12-10-8-6-4-2/h11,13,17-18,37-38,41-42H,3-10,12,14-16,19-36H2,1-2H3,(H,45,46)/b13-11+,18-17+/t37?,38-/m1/s1. The number of rotatable bonds is 38. The summed E-state index contributed by atoms with van der Waals surface area (Å²) in [5.41, 5.74) is 0. The molecule has 0 saturated carbocycles. The number of unbranched alkanes of at least 4 members (excludes halogenated alkanes) is 20. The van der Waals surface area contributed by atoms with Gasteiger partial charge in [0.1, 0.15) is 12.7 Å². The highest BCUT2D eigenvalue weighted by molar-refractivity contribution is 7.47. The Labute approximate surface area is 310 Å². The molecule has 0 heterocycles. The molecule has 0 rings (SSSR count). The van der Waals surface area contributed by atoms with Gasteiger partial charge in [-0.05, 0) is 44.9 Å². The van der Waals surface area contributed by atoms with Gasteiger partial charge < -0.3 is 24.6 Å². The van der Waals surface area contributed by atoms with Crippen molar-refractivity contribution in [3.8, 4) is 0 Å². The van der Waals surface area contributed by atoms with E-state index < -0.39 is 51.8 Å². The predicted molar refractivity (Wildman–Crippen MR) is 205 cm³/mol. The third-order valence-corrected chi connectivity index (χ3v) is 9.56. The summed E-state index contributed by atoms with van der Waals surface area (Å²) in [5.74, 6) is -0.937. The molecule has 0 saturated heterocycles. The van der Waals surface area contributed by atoms with Crippen LogP contribution in [0.5, 0.6) is 0 Å². The molecule has 0 bridgehead atoms. The van der Waals surface area contributed by atoms with Crippen molar-refractivity contribution >= 4 is 19.8 Å². The third kappa shape index (κ3) is 36.6. The van der Waals surface area contributed by atoms with Crippen molar-refractivity contribution in [3.63, 3.8) is 0 Å². The van der Waals surface area contributed by atoms with Gasteiger partial charge in [0.15, 0.2) is 6.10 Å². The average molecular weight is 747 g/mol. The fourth-order valence-corrected chi connectivity index (χ4v) is 6.22. The molecular weight excluding hydrogens is 671 g/mol. The van der Waals surface area contributed by atoms with Crippen molar-refractivity contribution in [2.75, 3.05) is 26.4 Å². The number of hydrogen-bond donors (Lipinski definition) is 3. The minimum Gasteiger partial charge on any atom is -0.462 e. The van der Waals surface area contributed by atoms with Crippen LogP contribution in [0.3, 0.4) is 0 Å². The zero-order valence-corrected chi connectivity index (χ0v) is 33.2. The molecule has 10 nitrogen and oxygen atoms in total. The van der Waals surface area contributed by atoms with Crippen LogP contribution < -0.4 is 0 Å². The first-order chi connectivity index (χ1) is 24.7. The van der Waals surface area contributed by atoms with E-state index in [1.807, 2.05) is 0 Å². The van der Waals surface area contributed by atoms with Gasteiger partial charge in [-0.1, -0.05) is 147 Å². The molecule has 0 spiro atoms. The van der Waals surface area contributed by atoms with Gasteiger partial charge in [-0.3, -0.25) is 18.6 Å². The lowest BCUT2D eigenvalue weighted by Crippen LogP contribution is -2.29. The minimum atomic E-state index is -4.61. The normalized spacial score (nSPS) is 14.2. The molecule has 300 valence electrons. The molecule has 3 atom stereocenters. The van der Waals surface area contributed by atoms with Crippen LogP contribution in [0.4, 0.5) is 0 Å². The largest absolute Gasteiger partial charge is 0.472 e. The average Bonchev–Trinajstić information content (AvgIpc) is 3.12. The number of phosphoric ester groups is 1. The number of carbonyl (C=O) groups excluding carboxylic acids is 2. The summed E-state index contributed by atoms with van der Waals surface area (Å²) < 4.78 is 32.6. The van der Waals surface area contributed by atoms with Gasteiger partial charge in [0, 0.05) is 12.8 Å². The van der Waals surface area contributed by atoms with Crippen LogP contribution in [0.15, 0.2) is 24.3 Å². The van der Waals surface area contributed by atoms with E-state index in [2.05, 4.69) is 42.7 Å². The molecule has 0 aromatic heterocycles. The number of aliphatic hydroxyl groups excluding tert-OH is 2. The SMILES string of the molecule is CCCCC/C=C/C/C=C/CCCCCCCC(=O)O[C@H](COC(=O)CCCCCCCCCCCCCCC)COP(=O)(O)OCC(O)CO. The van der Waals surface area contributed by atoms with Gasteiger partial charge in [0.25, 0.3) is 0 Å². The molecule has 3 N–H and O–H groups in total. The Morgan fingerprint density at radius 2 is 1.02 bits per heavy atom. The van der Waals surface area contributed by atoms with E-state index in [0.29, 0.717) is 12.8 Å². The van der Waals surface area contributed by atoms with Crippen LogP contribution in [0.1, 0.15) is 181 Å². The van der Waals surface area contributed by atoms with Gasteiger partial charge in [0.2, 0.25) is 0 Å². The number of allylic oxidation sites excluding steroid dienone is 4. The fraction of sp³-hybridized carbons (Fsp3) is 0.850. The maximum atomic E-state index is 12.6. The lowest BCUT2D eigenvalue weighted by atomic mass is 10.0. The first kappa shape index (κ1) is 49.5. The second-order valence-electron chi connectivity index (χ2n) is 13.7. The molecule has 11 heteroatoms. The molecule has 0 fully saturated rings. The Morgan fingerprint density at radius 3 is 1.55 bits per heavy atom. The molecule has 0 aromatic rings. The quantitative estimate of drug-likeness (QED) is 0.0241. The predicted octanol–water partition coefficient (Wildman–Crippen LogP) is 10.2. The summed E-state index contributed by atoms with van der Waals surface area (Å²) in [5, 5.41) is 18.3. The monoisotopic (exact) mass is 747 g/mol. The summed E-state index contributed by atoms with van der Waals surface area (Å²) in [6.07, 6.45) is 34.2. The van der Waals surface area contributed by atoms with Crippen LogP contribution in [-0.4, -0.2) is 65.7 Å². The molecular formula is C40H75O10P. The van der Waals surface area contributed by atoms with Crippen LogP contribution in [-0.2, 0) is 32.7 Å². The van der Waals surface area contributed by atoms with Gasteiger partial charge in [-0.2, -0.15) is 0 Å². The van der Waals surface area contributed by atoms with E-state index >= 15 is 0 Å². The first-order valence-corrected chi connectivity index (χ1v) is 21.8. The molecule has 51 heavy (non-hydrogen) atoms. The Bertz CT molecular complexity index is 910. The Morgan fingerprint density at radius 1 is 0.588 bits per heavy atom. The molecule has 0 aromatic carbocycles. The van der Waals surface area contributed by atoms with E-state index in [4.69, 9.17) is 19.1 Å². The van der Waals surface area contributed by atoms with Crippen molar-refractivity contribution in [2.45, 2.75) is 193 Å². The molecule has 0 aliphatic rings. The third-order valence-electron chi connectivity index (χ3n) is 8.61. The van der Waals surface area contributed by atoms with Crippen LogP contribution in [0.2, 0.25) is 0 Å². The van der Waals surface area contributed by atoms with Crippen LogP contribution in [0, 0.1) is 0 Å². The van der Waals surface area contributed by atoms with Gasteiger partial charge in [-0.25, -0.2) is 4.57 Å². The molecule has 2 unspecified atom stereocenters. The Balaban J connectivity index is 4.35. The van der Waals surface area contributed by atoms with E-state index in [0.717, 1.165) is 64.2 Å². The van der Waals surface area contributed by atoms with Crippen LogP contribution >= 0.6 is 7.82 Å². The lowest BCUT2D eigenvalue weighted by molar-refractivity contribution is -0.161. The van der Waals surface area contributed by atoms with Crippen molar-refractivity contribution < 1.29 is 47.8 Å². The molecule has 0 aliphatic heterocycles. The summed E-state index contributed by atoms with van der Waals surface area (Å²) in [6.45, 7) is 2.34. The lowest BCUT2D eigenvalue weighted by Gasteiger charge is -2.20. The maximum Gasteiger partial charge on any atom is 0.472 e. The Kier molecular flexibility index (Phi) is 35.7.